The third kappa shape index (κ3) is 4.18. The molecule has 0 unspecified atom stereocenters. The van der Waals surface area contributed by atoms with Gasteiger partial charge in [-0.25, -0.2) is 9.79 Å². The Kier molecular flexibility index (Phi) is 5.51. The highest BCUT2D eigenvalue weighted by Crippen LogP contribution is 2.10. The van der Waals surface area contributed by atoms with Crippen LogP contribution in [0.5, 0.6) is 0 Å². The molecular weight excluding hydrogens is 292 g/mol. The van der Waals surface area contributed by atoms with Gasteiger partial charge >= 0.3 is 5.69 Å². The van der Waals surface area contributed by atoms with E-state index in [0.717, 1.165) is 12.0 Å². The minimum atomic E-state index is -0.325. The lowest BCUT2D eigenvalue weighted by Crippen LogP contribution is -2.39. The van der Waals surface area contributed by atoms with Crippen LogP contribution in [-0.4, -0.2) is 34.5 Å². The van der Waals surface area contributed by atoms with E-state index in [9.17, 15) is 9.59 Å². The van der Waals surface area contributed by atoms with Crippen molar-refractivity contribution in [1.29, 1.82) is 0 Å². The van der Waals surface area contributed by atoms with Crippen molar-refractivity contribution in [2.24, 2.45) is 4.99 Å². The van der Waals surface area contributed by atoms with Crippen molar-refractivity contribution in [2.45, 2.75) is 26.4 Å². The Morgan fingerprint density at radius 1 is 1.13 bits per heavy atom. The molecular formula is C17H22N4O2. The van der Waals surface area contributed by atoms with Gasteiger partial charge in [0.15, 0.2) is 0 Å². The number of aliphatic imine (C=N–C) groups is 1. The smallest absolute Gasteiger partial charge is 0.332 e. The average molecular weight is 314 g/mol. The predicted octanol–water partition coefficient (Wildman–Crippen LogP) is 1.69. The van der Waals surface area contributed by atoms with E-state index in [0.29, 0.717) is 18.9 Å². The van der Waals surface area contributed by atoms with Crippen molar-refractivity contribution in [3.8, 4) is 0 Å². The predicted molar refractivity (Wildman–Crippen MR) is 92.6 cm³/mol. The van der Waals surface area contributed by atoms with Crippen molar-refractivity contribution in [3.05, 3.63) is 62.8 Å². The molecule has 122 valence electrons. The van der Waals surface area contributed by atoms with Crippen molar-refractivity contribution in [2.75, 3.05) is 14.1 Å². The molecule has 1 aromatic heterocycles. The fraction of sp³-hybridized carbons (Fsp3) is 0.353. The minimum absolute atomic E-state index is 0.313. The molecule has 0 N–H and O–H groups in total. The maximum atomic E-state index is 12.7. The molecule has 0 aliphatic heterocycles. The summed E-state index contributed by atoms with van der Waals surface area (Å²) in [4.78, 5) is 30.9. The molecule has 0 saturated heterocycles. The SMILES string of the molecule is CCCn1c(=O)cc(N=CN(C)C)n(Cc2ccccc2)c1=O. The molecule has 0 aliphatic rings. The number of rotatable bonds is 6. The molecule has 1 heterocycles. The van der Waals surface area contributed by atoms with Gasteiger partial charge in [-0.3, -0.25) is 13.9 Å². The van der Waals surface area contributed by atoms with Gasteiger partial charge in [-0.15, -0.1) is 0 Å². The second-order valence-electron chi connectivity index (χ2n) is 5.55. The second kappa shape index (κ2) is 7.58. The van der Waals surface area contributed by atoms with Crippen LogP contribution in [0.25, 0.3) is 0 Å². The Morgan fingerprint density at radius 2 is 1.83 bits per heavy atom. The van der Waals surface area contributed by atoms with Gasteiger partial charge in [0.2, 0.25) is 0 Å². The Balaban J connectivity index is 2.57. The molecule has 0 atom stereocenters. The van der Waals surface area contributed by atoms with Crippen molar-refractivity contribution >= 4 is 12.2 Å². The molecule has 0 aliphatic carbocycles. The van der Waals surface area contributed by atoms with E-state index in [1.54, 1.807) is 11.2 Å². The zero-order valence-electron chi connectivity index (χ0n) is 13.8. The highest BCUT2D eigenvalue weighted by molar-refractivity contribution is 5.59. The molecule has 6 heteroatoms. The lowest BCUT2D eigenvalue weighted by atomic mass is 10.2. The summed E-state index contributed by atoms with van der Waals surface area (Å²) in [5, 5.41) is 0. The topological polar surface area (TPSA) is 59.6 Å². The first-order valence-corrected chi connectivity index (χ1v) is 7.62. The number of benzene rings is 1. The van der Waals surface area contributed by atoms with Crippen LogP contribution in [0.3, 0.4) is 0 Å². The van der Waals surface area contributed by atoms with Crippen LogP contribution >= 0.6 is 0 Å². The average Bonchev–Trinajstić information content (AvgIpc) is 2.53. The molecule has 0 radical (unpaired) electrons. The van der Waals surface area contributed by atoms with Crippen molar-refractivity contribution in [1.82, 2.24) is 14.0 Å². The first-order chi connectivity index (χ1) is 11.0. The third-order valence-corrected chi connectivity index (χ3v) is 3.31. The number of hydrogen-bond acceptors (Lipinski definition) is 3. The zero-order chi connectivity index (χ0) is 16.8. The van der Waals surface area contributed by atoms with Crippen LogP contribution in [0.1, 0.15) is 18.9 Å². The summed E-state index contributed by atoms with van der Waals surface area (Å²) in [7, 11) is 3.67. The zero-order valence-corrected chi connectivity index (χ0v) is 13.8. The Labute approximate surface area is 135 Å². The number of aromatic nitrogens is 2. The van der Waals surface area contributed by atoms with Crippen LogP contribution in [0.15, 0.2) is 51.0 Å². The fourth-order valence-electron chi connectivity index (χ4n) is 2.23. The molecule has 0 fully saturated rings. The number of hydrogen-bond donors (Lipinski definition) is 0. The Hall–Kier alpha value is -2.63. The second-order valence-corrected chi connectivity index (χ2v) is 5.55. The third-order valence-electron chi connectivity index (χ3n) is 3.31. The van der Waals surface area contributed by atoms with Gasteiger partial charge in [-0.05, 0) is 12.0 Å². The van der Waals surface area contributed by atoms with Gasteiger partial charge in [0.1, 0.15) is 5.82 Å². The fourth-order valence-corrected chi connectivity index (χ4v) is 2.23. The van der Waals surface area contributed by atoms with Gasteiger partial charge in [-0.1, -0.05) is 37.3 Å². The lowest BCUT2D eigenvalue weighted by Gasteiger charge is -2.13. The maximum absolute atomic E-state index is 12.7. The van der Waals surface area contributed by atoms with E-state index in [1.165, 1.54) is 15.2 Å². The van der Waals surface area contributed by atoms with Crippen molar-refractivity contribution < 1.29 is 0 Å². The minimum Gasteiger partial charge on any atom is -0.369 e. The van der Waals surface area contributed by atoms with Crippen LogP contribution in [-0.2, 0) is 13.1 Å². The van der Waals surface area contributed by atoms with Gasteiger partial charge in [0.25, 0.3) is 5.56 Å². The number of nitrogens with zero attached hydrogens (tertiary/aromatic N) is 4. The Morgan fingerprint density at radius 3 is 2.43 bits per heavy atom. The molecule has 2 rings (SSSR count). The molecule has 1 aromatic carbocycles. The van der Waals surface area contributed by atoms with E-state index in [2.05, 4.69) is 4.99 Å². The first kappa shape index (κ1) is 16.7. The van der Waals surface area contributed by atoms with E-state index >= 15 is 0 Å². The summed E-state index contributed by atoms with van der Waals surface area (Å²) in [6, 6.07) is 11.1. The van der Waals surface area contributed by atoms with E-state index < -0.39 is 0 Å². The van der Waals surface area contributed by atoms with Crippen LogP contribution in [0.4, 0.5) is 5.82 Å². The molecule has 6 nitrogen and oxygen atoms in total. The van der Waals surface area contributed by atoms with Crippen LogP contribution in [0, 0.1) is 0 Å². The van der Waals surface area contributed by atoms with Crippen LogP contribution in [0.2, 0.25) is 0 Å². The Bertz CT molecular complexity index is 788. The normalized spacial score (nSPS) is 11.1. The first-order valence-electron chi connectivity index (χ1n) is 7.62. The molecule has 2 aromatic rings. The molecule has 0 spiro atoms. The summed E-state index contributed by atoms with van der Waals surface area (Å²) >= 11 is 0. The lowest BCUT2D eigenvalue weighted by molar-refractivity contribution is 0.567. The van der Waals surface area contributed by atoms with Crippen molar-refractivity contribution in [3.63, 3.8) is 0 Å². The highest BCUT2D eigenvalue weighted by Gasteiger charge is 2.11. The van der Waals surface area contributed by atoms with Gasteiger partial charge in [-0.2, -0.15) is 0 Å². The quantitative estimate of drug-likeness (QED) is 0.602. The largest absolute Gasteiger partial charge is 0.369 e. The van der Waals surface area contributed by atoms with E-state index in [4.69, 9.17) is 0 Å². The van der Waals surface area contributed by atoms with E-state index in [1.807, 2.05) is 51.4 Å². The van der Waals surface area contributed by atoms with Crippen LogP contribution < -0.4 is 11.2 Å². The van der Waals surface area contributed by atoms with E-state index in [-0.39, 0.29) is 11.2 Å². The summed E-state index contributed by atoms with van der Waals surface area (Å²) in [5.74, 6) is 0.366. The summed E-state index contributed by atoms with van der Waals surface area (Å²) in [5.41, 5.74) is 0.346. The van der Waals surface area contributed by atoms with Gasteiger partial charge < -0.3 is 4.90 Å². The highest BCUT2D eigenvalue weighted by atomic mass is 16.2. The summed E-state index contributed by atoms with van der Waals surface area (Å²) in [6.07, 6.45) is 2.31. The summed E-state index contributed by atoms with van der Waals surface area (Å²) < 4.78 is 2.80. The molecule has 0 amide bonds. The van der Waals surface area contributed by atoms with Gasteiger partial charge in [0.05, 0.1) is 12.9 Å². The van der Waals surface area contributed by atoms with Gasteiger partial charge in [0, 0.05) is 26.7 Å². The summed E-state index contributed by atoms with van der Waals surface area (Å²) in [6.45, 7) is 2.72. The standard InChI is InChI=1S/C17H22N4O2/c1-4-10-20-16(22)11-15(18-13-19(2)3)21(17(20)23)12-14-8-6-5-7-9-14/h5-9,11,13H,4,10,12H2,1-3H3. The molecule has 23 heavy (non-hydrogen) atoms. The molecule has 0 bridgehead atoms. The monoisotopic (exact) mass is 314 g/mol. The maximum Gasteiger partial charge on any atom is 0.332 e. The molecule has 0 saturated carbocycles.